The SMILES string of the molecule is OCc1cc(Br)nn1C1(CO)CC1. The topological polar surface area (TPSA) is 58.3 Å². The Morgan fingerprint density at radius 3 is 2.69 bits per heavy atom. The molecule has 1 saturated carbocycles. The normalized spacial score (nSPS) is 19.0. The van der Waals surface area contributed by atoms with Crippen molar-refractivity contribution < 1.29 is 10.2 Å². The van der Waals surface area contributed by atoms with E-state index < -0.39 is 0 Å². The minimum atomic E-state index is -0.232. The summed E-state index contributed by atoms with van der Waals surface area (Å²) in [7, 11) is 0. The fraction of sp³-hybridized carbons (Fsp3) is 0.625. The average Bonchev–Trinajstić information content (AvgIpc) is 2.84. The molecule has 0 amide bonds. The lowest BCUT2D eigenvalue weighted by Gasteiger charge is -2.14. The molecule has 2 rings (SSSR count). The van der Waals surface area contributed by atoms with Crippen LogP contribution in [0.4, 0.5) is 0 Å². The second kappa shape index (κ2) is 3.08. The van der Waals surface area contributed by atoms with Gasteiger partial charge in [0.1, 0.15) is 4.60 Å². The maximum absolute atomic E-state index is 9.18. The number of aliphatic hydroxyl groups excluding tert-OH is 2. The molecule has 0 aromatic carbocycles. The lowest BCUT2D eigenvalue weighted by atomic mass is 10.3. The van der Waals surface area contributed by atoms with E-state index in [9.17, 15) is 5.11 Å². The minimum Gasteiger partial charge on any atom is -0.394 e. The van der Waals surface area contributed by atoms with Crippen LogP contribution in [0.2, 0.25) is 0 Å². The van der Waals surface area contributed by atoms with E-state index in [0.717, 1.165) is 18.5 Å². The monoisotopic (exact) mass is 246 g/mol. The number of aliphatic hydroxyl groups is 2. The van der Waals surface area contributed by atoms with Crippen molar-refractivity contribution in [3.8, 4) is 0 Å². The van der Waals surface area contributed by atoms with Crippen molar-refractivity contribution in [1.82, 2.24) is 9.78 Å². The van der Waals surface area contributed by atoms with Crippen LogP contribution >= 0.6 is 15.9 Å². The van der Waals surface area contributed by atoms with Crippen LogP contribution in [-0.4, -0.2) is 26.6 Å². The standard InChI is InChI=1S/C8H11BrN2O2/c9-7-3-6(4-12)11(10-7)8(5-13)1-2-8/h3,12-13H,1-2,4-5H2. The highest BCUT2D eigenvalue weighted by molar-refractivity contribution is 9.10. The smallest absolute Gasteiger partial charge is 0.128 e. The maximum atomic E-state index is 9.18. The van der Waals surface area contributed by atoms with Crippen molar-refractivity contribution >= 4 is 15.9 Å². The highest BCUT2D eigenvalue weighted by atomic mass is 79.9. The van der Waals surface area contributed by atoms with E-state index in [2.05, 4.69) is 21.0 Å². The number of aromatic nitrogens is 2. The van der Waals surface area contributed by atoms with Gasteiger partial charge in [-0.3, -0.25) is 4.68 Å². The molecule has 0 aliphatic heterocycles. The first-order chi connectivity index (χ1) is 6.22. The van der Waals surface area contributed by atoms with Gasteiger partial charge in [-0.2, -0.15) is 5.10 Å². The molecule has 1 aliphatic rings. The van der Waals surface area contributed by atoms with E-state index in [1.54, 1.807) is 10.7 Å². The molecule has 0 atom stereocenters. The van der Waals surface area contributed by atoms with E-state index in [-0.39, 0.29) is 18.8 Å². The van der Waals surface area contributed by atoms with Crippen LogP contribution in [0, 0.1) is 0 Å². The quantitative estimate of drug-likeness (QED) is 0.823. The summed E-state index contributed by atoms with van der Waals surface area (Å²) in [4.78, 5) is 0. The van der Waals surface area contributed by atoms with Gasteiger partial charge in [0.05, 0.1) is 24.4 Å². The fourth-order valence-electron chi connectivity index (χ4n) is 1.49. The Morgan fingerprint density at radius 2 is 2.23 bits per heavy atom. The first-order valence-corrected chi connectivity index (χ1v) is 4.98. The highest BCUT2D eigenvalue weighted by Gasteiger charge is 2.46. The second-order valence-corrected chi connectivity index (χ2v) is 4.22. The molecule has 0 bridgehead atoms. The third kappa shape index (κ3) is 1.41. The van der Waals surface area contributed by atoms with Gasteiger partial charge in [0.25, 0.3) is 0 Å². The second-order valence-electron chi connectivity index (χ2n) is 3.41. The van der Waals surface area contributed by atoms with Gasteiger partial charge in [0, 0.05) is 0 Å². The average molecular weight is 247 g/mol. The Hall–Kier alpha value is -0.390. The van der Waals surface area contributed by atoms with Crippen LogP contribution in [-0.2, 0) is 12.1 Å². The molecule has 1 aromatic heterocycles. The van der Waals surface area contributed by atoms with E-state index in [0.29, 0.717) is 4.60 Å². The Morgan fingerprint density at radius 1 is 1.54 bits per heavy atom. The fourth-order valence-corrected chi connectivity index (χ4v) is 1.91. The Balaban J connectivity index is 2.38. The molecule has 0 radical (unpaired) electrons. The van der Waals surface area contributed by atoms with Crippen LogP contribution in [0.3, 0.4) is 0 Å². The Bertz CT molecular complexity index is 320. The van der Waals surface area contributed by atoms with Crippen molar-refractivity contribution in [1.29, 1.82) is 0 Å². The van der Waals surface area contributed by atoms with Gasteiger partial charge in [-0.25, -0.2) is 0 Å². The third-order valence-electron chi connectivity index (χ3n) is 2.49. The largest absolute Gasteiger partial charge is 0.394 e. The molecule has 5 heteroatoms. The molecule has 0 unspecified atom stereocenters. The highest BCUT2D eigenvalue weighted by Crippen LogP contribution is 2.43. The molecule has 1 heterocycles. The van der Waals surface area contributed by atoms with Gasteiger partial charge in [-0.15, -0.1) is 0 Å². The number of halogens is 1. The lowest BCUT2D eigenvalue weighted by molar-refractivity contribution is 0.188. The summed E-state index contributed by atoms with van der Waals surface area (Å²) in [6.07, 6.45) is 1.87. The van der Waals surface area contributed by atoms with Crippen molar-refractivity contribution in [3.05, 3.63) is 16.4 Å². The van der Waals surface area contributed by atoms with Gasteiger partial charge in [-0.05, 0) is 34.8 Å². The Labute approximate surface area is 84.3 Å². The summed E-state index contributed by atoms with van der Waals surface area (Å²) in [6.45, 7) is 0.0501. The minimum absolute atomic E-state index is 0.0413. The summed E-state index contributed by atoms with van der Waals surface area (Å²) in [5, 5.41) is 22.4. The zero-order valence-electron chi connectivity index (χ0n) is 7.07. The van der Waals surface area contributed by atoms with E-state index in [1.165, 1.54) is 0 Å². The number of hydrogen-bond donors (Lipinski definition) is 2. The van der Waals surface area contributed by atoms with Gasteiger partial charge in [0.2, 0.25) is 0 Å². The molecule has 13 heavy (non-hydrogen) atoms. The molecule has 1 fully saturated rings. The molecule has 1 aromatic rings. The Kier molecular flexibility index (Phi) is 2.17. The van der Waals surface area contributed by atoms with Gasteiger partial charge >= 0.3 is 0 Å². The first kappa shape index (κ1) is 9.18. The van der Waals surface area contributed by atoms with Gasteiger partial charge < -0.3 is 10.2 Å². The van der Waals surface area contributed by atoms with Crippen LogP contribution in [0.15, 0.2) is 10.7 Å². The predicted molar refractivity (Wildman–Crippen MR) is 50.1 cm³/mol. The molecular weight excluding hydrogens is 236 g/mol. The zero-order valence-corrected chi connectivity index (χ0v) is 8.66. The summed E-state index contributed by atoms with van der Waals surface area (Å²) in [6, 6.07) is 1.77. The first-order valence-electron chi connectivity index (χ1n) is 4.18. The van der Waals surface area contributed by atoms with E-state index >= 15 is 0 Å². The summed E-state index contributed by atoms with van der Waals surface area (Å²) < 4.78 is 2.44. The molecule has 72 valence electrons. The molecule has 1 aliphatic carbocycles. The van der Waals surface area contributed by atoms with E-state index in [4.69, 9.17) is 5.11 Å². The third-order valence-corrected chi connectivity index (χ3v) is 2.87. The zero-order chi connectivity index (χ0) is 9.47. The van der Waals surface area contributed by atoms with Crippen LogP contribution in [0.25, 0.3) is 0 Å². The molecular formula is C8H11BrN2O2. The van der Waals surface area contributed by atoms with Crippen LogP contribution in [0.5, 0.6) is 0 Å². The van der Waals surface area contributed by atoms with Gasteiger partial charge in [0.15, 0.2) is 0 Å². The molecule has 4 nitrogen and oxygen atoms in total. The summed E-state index contributed by atoms with van der Waals surface area (Å²) in [5.74, 6) is 0. The lowest BCUT2D eigenvalue weighted by Crippen LogP contribution is -2.24. The van der Waals surface area contributed by atoms with Gasteiger partial charge in [-0.1, -0.05) is 0 Å². The summed E-state index contributed by atoms with van der Waals surface area (Å²) >= 11 is 3.25. The molecule has 2 N–H and O–H groups in total. The van der Waals surface area contributed by atoms with Crippen LogP contribution < -0.4 is 0 Å². The van der Waals surface area contributed by atoms with Crippen LogP contribution in [0.1, 0.15) is 18.5 Å². The van der Waals surface area contributed by atoms with Crippen molar-refractivity contribution in [2.75, 3.05) is 6.61 Å². The number of nitrogens with zero attached hydrogens (tertiary/aromatic N) is 2. The van der Waals surface area contributed by atoms with Crippen molar-refractivity contribution in [2.45, 2.75) is 25.0 Å². The van der Waals surface area contributed by atoms with Crippen molar-refractivity contribution in [2.24, 2.45) is 0 Å². The molecule has 0 spiro atoms. The van der Waals surface area contributed by atoms with E-state index in [1.807, 2.05) is 0 Å². The number of hydrogen-bond acceptors (Lipinski definition) is 3. The molecule has 0 saturated heterocycles. The predicted octanol–water partition coefficient (Wildman–Crippen LogP) is 0.619. The number of rotatable bonds is 3. The summed E-state index contributed by atoms with van der Waals surface area (Å²) in [5.41, 5.74) is 0.516. The van der Waals surface area contributed by atoms with Crippen molar-refractivity contribution in [3.63, 3.8) is 0 Å². The maximum Gasteiger partial charge on any atom is 0.128 e.